The third-order valence-corrected chi connectivity index (χ3v) is 10.3. The lowest BCUT2D eigenvalue weighted by molar-refractivity contribution is -0.125. The predicted molar refractivity (Wildman–Crippen MR) is 183 cm³/mol. The molecule has 248 valence electrons. The Bertz CT molecular complexity index is 1990. The number of nitrogens with zero attached hydrogens (tertiary/aromatic N) is 6. The van der Waals surface area contributed by atoms with Gasteiger partial charge in [0.2, 0.25) is 5.91 Å². The Kier molecular flexibility index (Phi) is 8.77. The number of fused-ring (bicyclic) bond motifs is 3. The number of anilines is 1. The number of amides is 1. The number of alkyl halides is 2. The van der Waals surface area contributed by atoms with E-state index in [4.69, 9.17) is 16.1 Å². The van der Waals surface area contributed by atoms with E-state index in [1.54, 1.807) is 41.3 Å². The average molecular weight is 720 g/mol. The summed E-state index contributed by atoms with van der Waals surface area (Å²) in [5.74, 6) is 1.40. The second-order valence-corrected chi connectivity index (χ2v) is 13.4. The highest BCUT2D eigenvalue weighted by atomic mass is 79.9. The molecule has 3 atom stereocenters. The van der Waals surface area contributed by atoms with Crippen molar-refractivity contribution in [3.63, 3.8) is 0 Å². The van der Waals surface area contributed by atoms with Crippen LogP contribution in [0.2, 0.25) is 0 Å². The van der Waals surface area contributed by atoms with Gasteiger partial charge >= 0.3 is 6.01 Å². The highest BCUT2D eigenvalue weighted by molar-refractivity contribution is 9.09. The second kappa shape index (κ2) is 13.0. The van der Waals surface area contributed by atoms with Gasteiger partial charge in [0.25, 0.3) is 0 Å². The molecule has 4 aromatic rings. The predicted octanol–water partition coefficient (Wildman–Crippen LogP) is 6.05. The summed E-state index contributed by atoms with van der Waals surface area (Å²) in [6, 6.07) is 7.90. The molecule has 3 saturated heterocycles. The largest absolute Gasteiger partial charge is 0.461 e. The number of hydrogen-bond donors (Lipinski definition) is 0. The molecule has 7 rings (SSSR count). The Morgan fingerprint density at radius 1 is 1.23 bits per heavy atom. The molecule has 0 N–H and O–H groups in total. The van der Waals surface area contributed by atoms with Crippen LogP contribution in [-0.4, -0.2) is 93.6 Å². The van der Waals surface area contributed by atoms with Gasteiger partial charge in [0.05, 0.1) is 16.5 Å². The van der Waals surface area contributed by atoms with E-state index in [0.717, 1.165) is 19.4 Å². The van der Waals surface area contributed by atoms with Gasteiger partial charge in [-0.05, 0) is 43.3 Å². The third-order valence-electron chi connectivity index (χ3n) is 9.98. The molecule has 1 amide bonds. The molecule has 3 aliphatic rings. The quantitative estimate of drug-likeness (QED) is 0.125. The lowest BCUT2D eigenvalue weighted by Gasteiger charge is -2.31. The van der Waals surface area contributed by atoms with Crippen molar-refractivity contribution in [2.75, 3.05) is 50.1 Å². The highest BCUT2D eigenvalue weighted by Crippen LogP contribution is 2.41. The van der Waals surface area contributed by atoms with E-state index < -0.39 is 23.3 Å². The summed E-state index contributed by atoms with van der Waals surface area (Å²) in [6.45, 7) is 2.34. The minimum Gasteiger partial charge on any atom is -0.461 e. The number of pyridine rings is 1. The summed E-state index contributed by atoms with van der Waals surface area (Å²) >= 11 is 3.31. The van der Waals surface area contributed by atoms with Crippen LogP contribution in [0.1, 0.15) is 31.2 Å². The van der Waals surface area contributed by atoms with Crippen LogP contribution < -0.4 is 9.64 Å². The van der Waals surface area contributed by atoms with Crippen LogP contribution in [-0.2, 0) is 4.79 Å². The van der Waals surface area contributed by atoms with Gasteiger partial charge in [-0.3, -0.25) is 14.7 Å². The van der Waals surface area contributed by atoms with Crippen molar-refractivity contribution in [3.05, 3.63) is 65.9 Å². The number of ether oxygens (including phenoxy) is 1. The molecule has 48 heavy (non-hydrogen) atoms. The van der Waals surface area contributed by atoms with Crippen molar-refractivity contribution < 1.29 is 22.7 Å². The number of allylic oxidation sites excluding steroid dienone is 1. The van der Waals surface area contributed by atoms with Gasteiger partial charge in [-0.25, -0.2) is 13.2 Å². The molecule has 0 saturated carbocycles. The Morgan fingerprint density at radius 2 is 2.08 bits per heavy atom. The first kappa shape index (κ1) is 32.3. The van der Waals surface area contributed by atoms with Crippen molar-refractivity contribution >= 4 is 49.3 Å². The molecule has 8 nitrogen and oxygen atoms in total. The lowest BCUT2D eigenvalue weighted by Crippen LogP contribution is -2.43. The zero-order valence-corrected chi connectivity index (χ0v) is 28.0. The van der Waals surface area contributed by atoms with Crippen LogP contribution in [0.3, 0.4) is 0 Å². The molecular formula is C36H34BrF3N6O2. The Hall–Kier alpha value is -4.21. The summed E-state index contributed by atoms with van der Waals surface area (Å²) in [6.07, 6.45) is 12.3. The van der Waals surface area contributed by atoms with Gasteiger partial charge in [-0.2, -0.15) is 9.97 Å². The highest BCUT2D eigenvalue weighted by Gasteiger charge is 2.49. The van der Waals surface area contributed by atoms with Crippen molar-refractivity contribution in [2.24, 2.45) is 0 Å². The van der Waals surface area contributed by atoms with Crippen molar-refractivity contribution in [2.45, 2.75) is 43.4 Å². The van der Waals surface area contributed by atoms with Crippen molar-refractivity contribution in [1.29, 1.82) is 0 Å². The second-order valence-electron chi connectivity index (χ2n) is 12.7. The monoisotopic (exact) mass is 718 g/mol. The minimum absolute atomic E-state index is 0.0194. The van der Waals surface area contributed by atoms with Gasteiger partial charge in [0.15, 0.2) is 5.82 Å². The first-order valence-corrected chi connectivity index (χ1v) is 17.2. The smallest absolute Gasteiger partial charge is 0.319 e. The van der Waals surface area contributed by atoms with Crippen LogP contribution in [0.4, 0.5) is 19.0 Å². The Morgan fingerprint density at radius 3 is 2.90 bits per heavy atom. The number of halogens is 4. The molecule has 3 aliphatic heterocycles. The fourth-order valence-corrected chi connectivity index (χ4v) is 7.75. The molecule has 0 aliphatic carbocycles. The van der Waals surface area contributed by atoms with E-state index in [0.29, 0.717) is 65.3 Å². The number of aromatic nitrogens is 3. The Balaban J connectivity index is 1.32. The van der Waals surface area contributed by atoms with Crippen LogP contribution in [0.25, 0.3) is 32.9 Å². The number of carbonyl (C=O) groups is 1. The lowest BCUT2D eigenvalue weighted by atomic mass is 9.95. The summed E-state index contributed by atoms with van der Waals surface area (Å²) in [5.41, 5.74) is -0.173. The topological polar surface area (TPSA) is 74.7 Å². The van der Waals surface area contributed by atoms with Gasteiger partial charge in [0, 0.05) is 61.6 Å². The number of hydrogen-bond acceptors (Lipinski definition) is 7. The fraction of sp³-hybridized carbons (Fsp3) is 0.389. The van der Waals surface area contributed by atoms with Crippen LogP contribution in [0, 0.1) is 24.0 Å². The van der Waals surface area contributed by atoms with E-state index in [2.05, 4.69) is 36.7 Å². The molecule has 12 heteroatoms. The molecule has 0 bridgehead atoms. The number of carbonyl (C=O) groups excluding carboxylic acids is 1. The number of terminal acetylenes is 1. The molecule has 0 radical (unpaired) electrons. The fourth-order valence-electron chi connectivity index (χ4n) is 7.56. The summed E-state index contributed by atoms with van der Waals surface area (Å²) in [7, 11) is 1.85. The van der Waals surface area contributed by atoms with Crippen molar-refractivity contribution in [1.82, 2.24) is 24.8 Å². The molecule has 2 aromatic carbocycles. The first-order valence-electron chi connectivity index (χ1n) is 16.0. The molecule has 0 unspecified atom stereocenters. The van der Waals surface area contributed by atoms with Crippen LogP contribution in [0.5, 0.6) is 6.01 Å². The van der Waals surface area contributed by atoms with E-state index in [1.807, 2.05) is 11.9 Å². The number of likely N-dealkylation sites (tertiary alicyclic amines) is 1. The zero-order valence-electron chi connectivity index (χ0n) is 26.4. The standard InChI is InChI=1S/C36H34BrF3N6O2/c1-3-25-28(39)11-10-22-7-4-8-26(30(22)25)32-31(40)33-27(18-41-32)34(44(2)24-12-16-45(20-24)29(47)9-5-14-37)43-35(42-33)48-21-36-13-6-15-46(36)19-23(38)17-36/h1,4-5,7-11,18,23-24H,6,12-17,19-21H2,2H3/b9-5+/t23-,24-,36+/m1/s1. The van der Waals surface area contributed by atoms with Crippen LogP contribution >= 0.6 is 15.9 Å². The normalized spacial score (nSPS) is 22.5. The zero-order chi connectivity index (χ0) is 33.6. The van der Waals surface area contributed by atoms with E-state index in [9.17, 15) is 13.6 Å². The van der Waals surface area contributed by atoms with E-state index >= 15 is 4.39 Å². The third kappa shape index (κ3) is 5.66. The Labute approximate surface area is 285 Å². The number of benzene rings is 2. The molecule has 3 fully saturated rings. The van der Waals surface area contributed by atoms with E-state index in [-0.39, 0.29) is 41.3 Å². The van der Waals surface area contributed by atoms with Crippen LogP contribution in [0.15, 0.2) is 48.7 Å². The van der Waals surface area contributed by atoms with Gasteiger partial charge in [-0.15, -0.1) is 6.42 Å². The van der Waals surface area contributed by atoms with Crippen molar-refractivity contribution in [3.8, 4) is 29.6 Å². The number of rotatable bonds is 8. The van der Waals surface area contributed by atoms with Gasteiger partial charge in [0.1, 0.15) is 35.6 Å². The van der Waals surface area contributed by atoms with Gasteiger partial charge < -0.3 is 14.5 Å². The average Bonchev–Trinajstić information content (AvgIpc) is 3.81. The molecule has 5 heterocycles. The SMILES string of the molecule is C#Cc1c(F)ccc2cccc(-c3ncc4c(N(C)[C@@H]5CCN(C(=O)/C=C/CBr)C5)nc(OC[C@@]56CCCN5C[C@H](F)C6)nc4c3F)c12. The maximum Gasteiger partial charge on any atom is 0.319 e. The molecule has 0 spiro atoms. The van der Waals surface area contributed by atoms with Gasteiger partial charge in [-0.1, -0.05) is 52.2 Å². The molecule has 2 aromatic heterocycles. The summed E-state index contributed by atoms with van der Waals surface area (Å²) < 4.78 is 52.4. The van der Waals surface area contributed by atoms with E-state index in [1.165, 1.54) is 12.3 Å². The maximum absolute atomic E-state index is 16.8. The molecular weight excluding hydrogens is 685 g/mol. The summed E-state index contributed by atoms with van der Waals surface area (Å²) in [5, 5.41) is 1.95. The number of likely N-dealkylation sites (N-methyl/N-ethyl adjacent to an activating group) is 1. The maximum atomic E-state index is 16.8. The minimum atomic E-state index is -0.935. The summed E-state index contributed by atoms with van der Waals surface area (Å²) in [4.78, 5) is 32.4. The first-order chi connectivity index (χ1) is 23.2.